The number of hydrogen-bond acceptors (Lipinski definition) is 6. The predicted octanol–water partition coefficient (Wildman–Crippen LogP) is 4.18. The van der Waals surface area contributed by atoms with E-state index < -0.39 is 22.4 Å². The highest BCUT2D eigenvalue weighted by atomic mass is 16.6. The van der Waals surface area contributed by atoms with Crippen LogP contribution in [-0.4, -0.2) is 21.5 Å². The van der Waals surface area contributed by atoms with E-state index in [0.717, 1.165) is 0 Å². The lowest BCUT2D eigenvalue weighted by molar-refractivity contribution is -0.383. The molecule has 7 heteroatoms. The first-order chi connectivity index (χ1) is 12.1. The zero-order valence-corrected chi connectivity index (χ0v) is 15.3. The molecule has 1 atom stereocenters. The van der Waals surface area contributed by atoms with Crippen LogP contribution in [0.15, 0.2) is 24.3 Å². The molecule has 2 rings (SSSR count). The maximum Gasteiger partial charge on any atom is 0.314 e. The van der Waals surface area contributed by atoms with Crippen molar-refractivity contribution in [3.05, 3.63) is 45.6 Å². The van der Waals surface area contributed by atoms with Crippen LogP contribution >= 0.6 is 0 Å². The summed E-state index contributed by atoms with van der Waals surface area (Å²) in [4.78, 5) is 27.8. The predicted molar refractivity (Wildman–Crippen MR) is 96.6 cm³/mol. The zero-order valence-electron chi connectivity index (χ0n) is 15.3. The first-order valence-electron chi connectivity index (χ1n) is 8.28. The van der Waals surface area contributed by atoms with Gasteiger partial charge in [-0.2, -0.15) is 5.26 Å². The van der Waals surface area contributed by atoms with Gasteiger partial charge >= 0.3 is 5.97 Å². The molecule has 1 aromatic heterocycles. The molecule has 0 N–H and O–H groups in total. The second-order valence-corrected chi connectivity index (χ2v) is 7.05. The number of non-ortho nitro benzene ring substituents is 1. The third-order valence-electron chi connectivity index (χ3n) is 3.86. The Labute approximate surface area is 151 Å². The van der Waals surface area contributed by atoms with E-state index in [-0.39, 0.29) is 17.6 Å². The first-order valence-corrected chi connectivity index (χ1v) is 8.28. The number of pyridine rings is 1. The number of aromatic nitrogens is 1. The van der Waals surface area contributed by atoms with Crippen molar-refractivity contribution in [3.8, 4) is 6.07 Å². The Morgan fingerprint density at radius 2 is 2.12 bits per heavy atom. The molecule has 0 radical (unpaired) electrons. The van der Waals surface area contributed by atoms with Gasteiger partial charge in [0.1, 0.15) is 11.1 Å². The summed E-state index contributed by atoms with van der Waals surface area (Å²) in [6.45, 7) is 7.04. The minimum Gasteiger partial charge on any atom is -0.459 e. The number of benzene rings is 1. The number of ether oxygens (including phenoxy) is 1. The van der Waals surface area contributed by atoms with Gasteiger partial charge in [-0.25, -0.2) is 4.98 Å². The number of aryl methyl sites for hydroxylation is 1. The summed E-state index contributed by atoms with van der Waals surface area (Å²) in [5.74, 6) is -1.08. The highest BCUT2D eigenvalue weighted by Crippen LogP contribution is 2.32. The Bertz CT molecular complexity index is 894. The molecule has 0 aliphatic heterocycles. The van der Waals surface area contributed by atoms with Crippen molar-refractivity contribution in [2.75, 3.05) is 0 Å². The summed E-state index contributed by atoms with van der Waals surface area (Å²) in [7, 11) is 0. The number of para-hydroxylation sites is 1. The van der Waals surface area contributed by atoms with Gasteiger partial charge in [-0.05, 0) is 45.7 Å². The number of carbonyl (C=O) groups is 1. The molecule has 1 aromatic carbocycles. The van der Waals surface area contributed by atoms with Crippen LogP contribution in [0.25, 0.3) is 10.9 Å². The summed E-state index contributed by atoms with van der Waals surface area (Å²) in [6.07, 6.45) is 0.491. The Morgan fingerprint density at radius 3 is 2.69 bits per heavy atom. The van der Waals surface area contributed by atoms with Crippen molar-refractivity contribution in [3.63, 3.8) is 0 Å². The van der Waals surface area contributed by atoms with E-state index in [1.807, 2.05) is 6.07 Å². The van der Waals surface area contributed by atoms with E-state index in [1.165, 1.54) is 6.07 Å². The zero-order chi connectivity index (χ0) is 19.5. The lowest BCUT2D eigenvalue weighted by atomic mass is 9.92. The lowest BCUT2D eigenvalue weighted by Crippen LogP contribution is -2.28. The van der Waals surface area contributed by atoms with Crippen molar-refractivity contribution >= 4 is 22.6 Å². The molecule has 0 saturated carbocycles. The SMILES string of the molecule is Cc1nc2c([N+](=O)[O-])cccc2cc1C(CCC#N)C(=O)OC(C)(C)C. The van der Waals surface area contributed by atoms with E-state index in [2.05, 4.69) is 4.98 Å². The Morgan fingerprint density at radius 1 is 1.42 bits per heavy atom. The minimum absolute atomic E-state index is 0.0806. The quantitative estimate of drug-likeness (QED) is 0.452. The number of nitrogens with zero attached hydrogens (tertiary/aromatic N) is 3. The third-order valence-corrected chi connectivity index (χ3v) is 3.86. The van der Waals surface area contributed by atoms with Gasteiger partial charge in [-0.1, -0.05) is 12.1 Å². The number of carbonyl (C=O) groups excluding carboxylic acids is 1. The summed E-state index contributed by atoms with van der Waals surface area (Å²) < 4.78 is 5.50. The van der Waals surface area contributed by atoms with Crippen LogP contribution in [-0.2, 0) is 9.53 Å². The molecule has 1 unspecified atom stereocenters. The van der Waals surface area contributed by atoms with E-state index in [9.17, 15) is 14.9 Å². The van der Waals surface area contributed by atoms with Crippen LogP contribution in [0, 0.1) is 28.4 Å². The standard InChI is InChI=1S/C19H21N3O4/c1-12-15(14(8-6-10-20)18(23)26-19(2,3)4)11-13-7-5-9-16(22(24)25)17(13)21-12/h5,7,9,11,14H,6,8H2,1-4H3. The number of hydrogen-bond donors (Lipinski definition) is 0. The maximum atomic E-state index is 12.7. The van der Waals surface area contributed by atoms with Gasteiger partial charge in [0.25, 0.3) is 5.69 Å². The van der Waals surface area contributed by atoms with Gasteiger partial charge in [0.2, 0.25) is 0 Å². The molecule has 2 aromatic rings. The number of esters is 1. The second kappa shape index (κ2) is 7.48. The second-order valence-electron chi connectivity index (χ2n) is 7.05. The van der Waals surface area contributed by atoms with Gasteiger partial charge in [0.15, 0.2) is 0 Å². The number of fused-ring (bicyclic) bond motifs is 1. The largest absolute Gasteiger partial charge is 0.459 e. The molecule has 1 heterocycles. The molecule has 0 bridgehead atoms. The monoisotopic (exact) mass is 355 g/mol. The summed E-state index contributed by atoms with van der Waals surface area (Å²) in [5.41, 5.74) is 0.687. The summed E-state index contributed by atoms with van der Waals surface area (Å²) in [5, 5.41) is 20.7. The van der Waals surface area contributed by atoms with E-state index in [1.54, 1.807) is 45.9 Å². The molecule has 0 fully saturated rings. The molecule has 0 aliphatic rings. The normalized spacial score (nSPS) is 12.4. The lowest BCUT2D eigenvalue weighted by Gasteiger charge is -2.24. The smallest absolute Gasteiger partial charge is 0.314 e. The van der Waals surface area contributed by atoms with Crippen molar-refractivity contribution in [2.45, 2.75) is 52.1 Å². The van der Waals surface area contributed by atoms with Crippen molar-refractivity contribution in [1.29, 1.82) is 5.26 Å². The van der Waals surface area contributed by atoms with Crippen molar-refractivity contribution in [2.24, 2.45) is 0 Å². The number of nitriles is 1. The van der Waals surface area contributed by atoms with Gasteiger partial charge in [-0.3, -0.25) is 14.9 Å². The molecule has 0 saturated heterocycles. The highest BCUT2D eigenvalue weighted by Gasteiger charge is 2.29. The van der Waals surface area contributed by atoms with Crippen LogP contribution in [0.4, 0.5) is 5.69 Å². The summed E-state index contributed by atoms with van der Waals surface area (Å²) in [6, 6.07) is 8.48. The topological polar surface area (TPSA) is 106 Å². The van der Waals surface area contributed by atoms with E-state index in [0.29, 0.717) is 23.1 Å². The number of nitro benzene ring substituents is 1. The van der Waals surface area contributed by atoms with E-state index >= 15 is 0 Å². The maximum absolute atomic E-state index is 12.7. The molecule has 26 heavy (non-hydrogen) atoms. The van der Waals surface area contributed by atoms with Crippen molar-refractivity contribution < 1.29 is 14.5 Å². The fourth-order valence-electron chi connectivity index (χ4n) is 2.77. The summed E-state index contributed by atoms with van der Waals surface area (Å²) >= 11 is 0. The highest BCUT2D eigenvalue weighted by molar-refractivity contribution is 5.89. The van der Waals surface area contributed by atoms with E-state index in [4.69, 9.17) is 10.00 Å². The molecule has 0 aliphatic carbocycles. The Kier molecular flexibility index (Phi) is 5.56. The first kappa shape index (κ1) is 19.3. The fourth-order valence-corrected chi connectivity index (χ4v) is 2.77. The van der Waals surface area contributed by atoms with Gasteiger partial charge in [-0.15, -0.1) is 0 Å². The fraction of sp³-hybridized carbons (Fsp3) is 0.421. The molecule has 136 valence electrons. The van der Waals surface area contributed by atoms with Crippen LogP contribution in [0.3, 0.4) is 0 Å². The van der Waals surface area contributed by atoms with Gasteiger partial charge in [0.05, 0.1) is 16.9 Å². The molecule has 0 amide bonds. The third kappa shape index (κ3) is 4.33. The van der Waals surface area contributed by atoms with Crippen LogP contribution < -0.4 is 0 Å². The Hall–Kier alpha value is -3.01. The molecule has 7 nitrogen and oxygen atoms in total. The molecular formula is C19H21N3O4. The van der Waals surface area contributed by atoms with Crippen LogP contribution in [0.5, 0.6) is 0 Å². The number of rotatable bonds is 5. The average Bonchev–Trinajstić information content (AvgIpc) is 2.53. The average molecular weight is 355 g/mol. The van der Waals surface area contributed by atoms with Crippen LogP contribution in [0.1, 0.15) is 50.8 Å². The van der Waals surface area contributed by atoms with Crippen molar-refractivity contribution in [1.82, 2.24) is 4.98 Å². The number of nitro groups is 1. The van der Waals surface area contributed by atoms with Gasteiger partial charge in [0, 0.05) is 23.6 Å². The minimum atomic E-state index is -0.654. The molecule has 0 spiro atoms. The van der Waals surface area contributed by atoms with Crippen LogP contribution in [0.2, 0.25) is 0 Å². The Balaban J connectivity index is 2.56. The molecular weight excluding hydrogens is 334 g/mol. The van der Waals surface area contributed by atoms with Gasteiger partial charge < -0.3 is 4.74 Å².